The molecule has 1 unspecified atom stereocenters. The third-order valence-electron chi connectivity index (χ3n) is 4.65. The molecule has 30 heavy (non-hydrogen) atoms. The number of hydrogen-bond donors (Lipinski definition) is 2. The molecule has 0 aliphatic heterocycles. The fourth-order valence-electron chi connectivity index (χ4n) is 3.15. The van der Waals surface area contributed by atoms with Crippen LogP contribution in [0.2, 0.25) is 5.02 Å². The summed E-state index contributed by atoms with van der Waals surface area (Å²) in [4.78, 5) is 5.33. The largest absolute Gasteiger partial charge is 0.322 e. The molecule has 0 bridgehead atoms. The predicted octanol–water partition coefficient (Wildman–Crippen LogP) is 5.53. The molecule has 1 heterocycles. The van der Waals surface area contributed by atoms with Gasteiger partial charge in [-0.15, -0.1) is 0 Å². The molecule has 0 aliphatic rings. The van der Waals surface area contributed by atoms with Gasteiger partial charge in [0.1, 0.15) is 11.6 Å². The highest BCUT2D eigenvalue weighted by Crippen LogP contribution is 2.50. The average Bonchev–Trinajstić information content (AvgIpc) is 2.71. The van der Waals surface area contributed by atoms with Crippen LogP contribution in [0.3, 0.4) is 0 Å². The van der Waals surface area contributed by atoms with Crippen LogP contribution in [0.1, 0.15) is 22.1 Å². The van der Waals surface area contributed by atoms with E-state index in [1.165, 1.54) is 6.07 Å². The van der Waals surface area contributed by atoms with Crippen molar-refractivity contribution < 1.29 is 8.78 Å². The standard InChI is InChI=1S/C23H22ClF2N3S/c1-15(29-27-2)16-5-12-22(28-14-16)23(20-13-18(25)8-11-21(20)26)30(3,4)19-9-6-17(24)7-10-19/h5-14,23,27,29H,1,3-4H2,2H3. The molecule has 0 saturated heterocycles. The molecule has 3 aromatic rings. The minimum Gasteiger partial charge on any atom is -0.322 e. The van der Waals surface area contributed by atoms with Gasteiger partial charge in [-0.1, -0.05) is 29.9 Å². The normalized spacial score (nSPS) is 12.4. The van der Waals surface area contributed by atoms with Crippen LogP contribution in [-0.2, 0) is 0 Å². The third-order valence-corrected chi connectivity index (χ3v) is 7.51. The molecule has 0 amide bonds. The SMILES string of the molecule is C=C(NNC)c1ccc(C(c2cc(F)ccc2F)S(=C)(=C)c2ccc(Cl)cc2)nc1. The van der Waals surface area contributed by atoms with Crippen molar-refractivity contribution in [2.75, 3.05) is 7.05 Å². The van der Waals surface area contributed by atoms with Gasteiger partial charge in [0.2, 0.25) is 0 Å². The number of hydrazine groups is 1. The zero-order valence-corrected chi connectivity index (χ0v) is 18.0. The summed E-state index contributed by atoms with van der Waals surface area (Å²) in [5.41, 5.74) is 7.78. The Morgan fingerprint density at radius 2 is 1.77 bits per heavy atom. The number of hydrogen-bond acceptors (Lipinski definition) is 3. The van der Waals surface area contributed by atoms with Crippen molar-refractivity contribution in [1.29, 1.82) is 0 Å². The Balaban J connectivity index is 2.17. The summed E-state index contributed by atoms with van der Waals surface area (Å²) in [6.07, 6.45) is 1.63. The molecule has 7 heteroatoms. The first-order chi connectivity index (χ1) is 14.2. The first-order valence-corrected chi connectivity index (χ1v) is 11.4. The second-order valence-corrected chi connectivity index (χ2v) is 10.0. The van der Waals surface area contributed by atoms with Crippen LogP contribution >= 0.6 is 20.8 Å². The lowest BCUT2D eigenvalue weighted by atomic mass is 10.1. The van der Waals surface area contributed by atoms with E-state index in [1.54, 1.807) is 31.4 Å². The van der Waals surface area contributed by atoms with E-state index in [0.717, 1.165) is 22.6 Å². The second kappa shape index (κ2) is 9.00. The summed E-state index contributed by atoms with van der Waals surface area (Å²) in [6, 6.07) is 14.1. The highest BCUT2D eigenvalue weighted by molar-refractivity contribution is 8.28. The highest BCUT2D eigenvalue weighted by atomic mass is 35.5. The number of aromatic nitrogens is 1. The van der Waals surface area contributed by atoms with E-state index in [2.05, 4.69) is 34.2 Å². The molecule has 2 N–H and O–H groups in total. The lowest BCUT2D eigenvalue weighted by Crippen LogP contribution is -2.25. The summed E-state index contributed by atoms with van der Waals surface area (Å²) in [5, 5.41) is -0.102. The number of pyridine rings is 1. The van der Waals surface area contributed by atoms with Gasteiger partial charge < -0.3 is 5.43 Å². The molecular formula is C23H22ClF2N3S. The smallest absolute Gasteiger partial charge is 0.128 e. The molecular weight excluding hydrogens is 424 g/mol. The maximum Gasteiger partial charge on any atom is 0.128 e. The number of rotatable bonds is 7. The van der Waals surface area contributed by atoms with Crippen molar-refractivity contribution in [2.45, 2.75) is 10.1 Å². The van der Waals surface area contributed by atoms with Gasteiger partial charge in [0.15, 0.2) is 0 Å². The van der Waals surface area contributed by atoms with Gasteiger partial charge in [-0.25, -0.2) is 14.2 Å². The summed E-state index contributed by atoms with van der Waals surface area (Å²) < 4.78 is 28.9. The molecule has 0 saturated carbocycles. The summed E-state index contributed by atoms with van der Waals surface area (Å²) >= 11 is 6.02. The van der Waals surface area contributed by atoms with Crippen molar-refractivity contribution in [2.24, 2.45) is 0 Å². The number of nitrogens with zero attached hydrogens (tertiary/aromatic N) is 1. The fraction of sp³-hybridized carbons (Fsp3) is 0.0870. The molecule has 0 fully saturated rings. The maximum atomic E-state index is 14.8. The molecule has 0 aliphatic carbocycles. The van der Waals surface area contributed by atoms with E-state index in [0.29, 0.717) is 16.4 Å². The topological polar surface area (TPSA) is 37.0 Å². The van der Waals surface area contributed by atoms with Gasteiger partial charge in [0, 0.05) is 29.4 Å². The molecule has 0 radical (unpaired) electrons. The maximum absolute atomic E-state index is 14.8. The molecule has 1 aromatic heterocycles. The van der Waals surface area contributed by atoms with Crippen LogP contribution in [-0.4, -0.2) is 23.8 Å². The summed E-state index contributed by atoms with van der Waals surface area (Å²) in [5.74, 6) is 7.61. The van der Waals surface area contributed by atoms with Crippen LogP contribution < -0.4 is 10.9 Å². The Morgan fingerprint density at radius 1 is 1.07 bits per heavy atom. The Bertz CT molecular complexity index is 1160. The molecule has 0 spiro atoms. The van der Waals surface area contributed by atoms with Crippen LogP contribution in [0.15, 0.2) is 72.3 Å². The van der Waals surface area contributed by atoms with E-state index < -0.39 is 26.1 Å². The lowest BCUT2D eigenvalue weighted by Gasteiger charge is -2.27. The van der Waals surface area contributed by atoms with E-state index in [4.69, 9.17) is 11.6 Å². The molecule has 2 aromatic carbocycles. The number of nitrogens with one attached hydrogen (secondary N) is 2. The van der Waals surface area contributed by atoms with E-state index in [-0.39, 0.29) is 5.56 Å². The Morgan fingerprint density at radius 3 is 2.37 bits per heavy atom. The first kappa shape index (κ1) is 22.0. The third kappa shape index (κ3) is 4.56. The minimum absolute atomic E-state index is 0.164. The minimum atomic E-state index is -2.18. The molecule has 3 rings (SSSR count). The van der Waals surface area contributed by atoms with Crippen molar-refractivity contribution in [3.8, 4) is 0 Å². The first-order valence-electron chi connectivity index (χ1n) is 9.01. The quantitative estimate of drug-likeness (QED) is 0.371. The van der Waals surface area contributed by atoms with Crippen LogP contribution in [0.5, 0.6) is 0 Å². The average molecular weight is 446 g/mol. The molecule has 156 valence electrons. The van der Waals surface area contributed by atoms with E-state index in [1.807, 2.05) is 18.2 Å². The van der Waals surface area contributed by atoms with Crippen LogP contribution in [0.4, 0.5) is 8.78 Å². The Labute approximate surface area is 180 Å². The van der Waals surface area contributed by atoms with Crippen molar-refractivity contribution >= 4 is 38.2 Å². The zero-order valence-electron chi connectivity index (χ0n) is 16.5. The fourth-order valence-corrected chi connectivity index (χ4v) is 5.50. The summed E-state index contributed by atoms with van der Waals surface area (Å²) in [7, 11) is -0.457. The number of halogens is 3. The van der Waals surface area contributed by atoms with E-state index in [9.17, 15) is 8.78 Å². The van der Waals surface area contributed by atoms with Crippen molar-refractivity contribution in [3.63, 3.8) is 0 Å². The van der Waals surface area contributed by atoms with Gasteiger partial charge in [-0.3, -0.25) is 4.98 Å². The lowest BCUT2D eigenvalue weighted by molar-refractivity contribution is 0.587. The predicted molar refractivity (Wildman–Crippen MR) is 125 cm³/mol. The zero-order chi connectivity index (χ0) is 21.9. The number of benzene rings is 2. The van der Waals surface area contributed by atoms with Gasteiger partial charge in [0.05, 0.1) is 16.6 Å². The van der Waals surface area contributed by atoms with Crippen LogP contribution in [0.25, 0.3) is 5.70 Å². The van der Waals surface area contributed by atoms with E-state index >= 15 is 0 Å². The van der Waals surface area contributed by atoms with Crippen LogP contribution in [0, 0.1) is 11.6 Å². The second-order valence-electron chi connectivity index (χ2n) is 6.77. The van der Waals surface area contributed by atoms with Crippen molar-refractivity contribution in [3.05, 3.63) is 101 Å². The van der Waals surface area contributed by atoms with Gasteiger partial charge in [-0.2, -0.15) is 9.21 Å². The Kier molecular flexibility index (Phi) is 6.61. The van der Waals surface area contributed by atoms with Gasteiger partial charge >= 0.3 is 0 Å². The molecule has 3 nitrogen and oxygen atoms in total. The van der Waals surface area contributed by atoms with Gasteiger partial charge in [-0.05, 0) is 59.5 Å². The molecule has 1 atom stereocenters. The monoisotopic (exact) mass is 445 g/mol. The highest BCUT2D eigenvalue weighted by Gasteiger charge is 2.26. The Hall–Kier alpha value is -2.67. The summed E-state index contributed by atoms with van der Waals surface area (Å²) in [6.45, 7) is 3.92. The van der Waals surface area contributed by atoms with Crippen molar-refractivity contribution in [1.82, 2.24) is 15.8 Å². The van der Waals surface area contributed by atoms with Gasteiger partial charge in [0.25, 0.3) is 0 Å².